The lowest BCUT2D eigenvalue weighted by Crippen LogP contribution is -2.55. The van der Waals surface area contributed by atoms with Crippen LogP contribution in [-0.4, -0.2) is 12.3 Å². The van der Waals surface area contributed by atoms with Gasteiger partial charge in [0, 0.05) is 17.4 Å². The predicted octanol–water partition coefficient (Wildman–Crippen LogP) is 3.89. The Morgan fingerprint density at radius 3 is 2.53 bits per heavy atom. The molecule has 1 saturated carbocycles. The summed E-state index contributed by atoms with van der Waals surface area (Å²) in [6.07, 6.45) is 4.32. The molecule has 1 aliphatic heterocycles. The lowest BCUT2D eigenvalue weighted by atomic mass is 9.85. The van der Waals surface area contributed by atoms with Crippen molar-refractivity contribution in [3.63, 3.8) is 0 Å². The van der Waals surface area contributed by atoms with E-state index in [2.05, 4.69) is 56.4 Å². The van der Waals surface area contributed by atoms with Gasteiger partial charge in [-0.05, 0) is 18.4 Å². The molecule has 104 valence electrons. The second-order valence-electron chi connectivity index (χ2n) is 7.08. The van der Waals surface area contributed by atoms with Gasteiger partial charge < -0.3 is 4.74 Å². The highest BCUT2D eigenvalue weighted by Crippen LogP contribution is 2.44. The molecule has 2 heteroatoms. The molecule has 1 heterocycles. The normalized spacial score (nSPS) is 35.1. The minimum atomic E-state index is 0.139. The molecule has 0 amide bonds. The maximum atomic E-state index is 6.44. The lowest BCUT2D eigenvalue weighted by Gasteiger charge is -2.45. The van der Waals surface area contributed by atoms with Crippen LogP contribution in [-0.2, 0) is 4.74 Å². The first-order chi connectivity index (χ1) is 9.05. The van der Waals surface area contributed by atoms with E-state index in [1.807, 2.05) is 0 Å². The standard InChI is InChI=1S/C17H25NO/c1-17(2,3)16-18-14-11-7-10-13(14)15(19-16)12-8-5-4-6-9-12/h4-6,8-9,13-16,18H,7,10-11H2,1-3H3. The zero-order valence-corrected chi connectivity index (χ0v) is 12.2. The highest BCUT2D eigenvalue weighted by molar-refractivity contribution is 5.20. The lowest BCUT2D eigenvalue weighted by molar-refractivity contribution is -0.149. The van der Waals surface area contributed by atoms with Crippen molar-refractivity contribution >= 4 is 0 Å². The van der Waals surface area contributed by atoms with Crippen LogP contribution in [0.2, 0.25) is 0 Å². The van der Waals surface area contributed by atoms with Crippen molar-refractivity contribution in [1.29, 1.82) is 0 Å². The summed E-state index contributed by atoms with van der Waals surface area (Å²) in [5.74, 6) is 0.640. The summed E-state index contributed by atoms with van der Waals surface area (Å²) >= 11 is 0. The fourth-order valence-corrected chi connectivity index (χ4v) is 3.46. The van der Waals surface area contributed by atoms with Crippen molar-refractivity contribution in [3.05, 3.63) is 35.9 Å². The number of benzene rings is 1. The van der Waals surface area contributed by atoms with Crippen LogP contribution in [0, 0.1) is 11.3 Å². The zero-order chi connectivity index (χ0) is 13.5. The van der Waals surface area contributed by atoms with Gasteiger partial charge in [0.15, 0.2) is 0 Å². The number of hydrogen-bond acceptors (Lipinski definition) is 2. The van der Waals surface area contributed by atoms with E-state index >= 15 is 0 Å². The van der Waals surface area contributed by atoms with Gasteiger partial charge >= 0.3 is 0 Å². The van der Waals surface area contributed by atoms with Gasteiger partial charge in [0.2, 0.25) is 0 Å². The monoisotopic (exact) mass is 259 g/mol. The molecule has 2 aliphatic rings. The number of nitrogens with one attached hydrogen (secondary N) is 1. The van der Waals surface area contributed by atoms with Gasteiger partial charge in [-0.2, -0.15) is 0 Å². The molecule has 19 heavy (non-hydrogen) atoms. The van der Waals surface area contributed by atoms with Gasteiger partial charge in [0.05, 0.1) is 6.10 Å². The Morgan fingerprint density at radius 1 is 1.11 bits per heavy atom. The molecule has 0 bridgehead atoms. The Morgan fingerprint density at radius 2 is 1.84 bits per heavy atom. The van der Waals surface area contributed by atoms with E-state index in [9.17, 15) is 0 Å². The van der Waals surface area contributed by atoms with Crippen LogP contribution in [0.15, 0.2) is 30.3 Å². The first-order valence-electron chi connectivity index (χ1n) is 7.52. The molecule has 1 aromatic carbocycles. The SMILES string of the molecule is CC(C)(C)C1NC2CCCC2C(c2ccccc2)O1. The molecule has 2 nitrogen and oxygen atoms in total. The van der Waals surface area contributed by atoms with Gasteiger partial charge in [-0.15, -0.1) is 0 Å². The van der Waals surface area contributed by atoms with Crippen LogP contribution in [0.3, 0.4) is 0 Å². The molecule has 4 atom stereocenters. The Balaban J connectivity index is 1.88. The van der Waals surface area contributed by atoms with Gasteiger partial charge in [0.25, 0.3) is 0 Å². The molecule has 2 fully saturated rings. The van der Waals surface area contributed by atoms with Crippen LogP contribution in [0.5, 0.6) is 0 Å². The topological polar surface area (TPSA) is 21.3 Å². The molecule has 1 N–H and O–H groups in total. The molecular formula is C17H25NO. The summed E-state index contributed by atoms with van der Waals surface area (Å²) in [7, 11) is 0. The quantitative estimate of drug-likeness (QED) is 0.826. The van der Waals surface area contributed by atoms with Crippen molar-refractivity contribution in [2.75, 3.05) is 0 Å². The van der Waals surface area contributed by atoms with E-state index in [0.717, 1.165) is 0 Å². The van der Waals surface area contributed by atoms with E-state index in [1.165, 1.54) is 24.8 Å². The number of rotatable bonds is 1. The summed E-state index contributed by atoms with van der Waals surface area (Å²) in [6, 6.07) is 11.4. The van der Waals surface area contributed by atoms with Crippen molar-refractivity contribution in [3.8, 4) is 0 Å². The van der Waals surface area contributed by atoms with Gasteiger partial charge in [-0.25, -0.2) is 0 Å². The molecule has 0 radical (unpaired) electrons. The smallest absolute Gasteiger partial charge is 0.114 e. The minimum absolute atomic E-state index is 0.139. The van der Waals surface area contributed by atoms with Gasteiger partial charge in [-0.3, -0.25) is 5.32 Å². The van der Waals surface area contributed by atoms with Crippen LogP contribution in [0.25, 0.3) is 0 Å². The second-order valence-corrected chi connectivity index (χ2v) is 7.08. The summed E-state index contributed by atoms with van der Waals surface area (Å²) in [5.41, 5.74) is 1.48. The summed E-state index contributed by atoms with van der Waals surface area (Å²) in [5, 5.41) is 3.73. The van der Waals surface area contributed by atoms with Crippen molar-refractivity contribution < 1.29 is 4.74 Å². The van der Waals surface area contributed by atoms with E-state index in [0.29, 0.717) is 12.0 Å². The summed E-state index contributed by atoms with van der Waals surface area (Å²) in [6.45, 7) is 6.76. The average Bonchev–Trinajstić information content (AvgIpc) is 2.85. The van der Waals surface area contributed by atoms with E-state index in [-0.39, 0.29) is 17.7 Å². The van der Waals surface area contributed by atoms with E-state index in [1.54, 1.807) is 0 Å². The van der Waals surface area contributed by atoms with Crippen molar-refractivity contribution in [2.24, 2.45) is 11.3 Å². The highest BCUT2D eigenvalue weighted by atomic mass is 16.5. The first kappa shape index (κ1) is 13.1. The second kappa shape index (κ2) is 4.92. The summed E-state index contributed by atoms with van der Waals surface area (Å²) < 4.78 is 6.44. The fraction of sp³-hybridized carbons (Fsp3) is 0.647. The zero-order valence-electron chi connectivity index (χ0n) is 12.2. The molecule has 0 spiro atoms. The molecule has 1 aliphatic carbocycles. The maximum absolute atomic E-state index is 6.44. The van der Waals surface area contributed by atoms with Crippen LogP contribution in [0.4, 0.5) is 0 Å². The van der Waals surface area contributed by atoms with Crippen LogP contribution >= 0.6 is 0 Å². The molecule has 4 unspecified atom stereocenters. The Labute approximate surface area is 116 Å². The van der Waals surface area contributed by atoms with Crippen molar-refractivity contribution in [1.82, 2.24) is 5.32 Å². The average molecular weight is 259 g/mol. The highest BCUT2D eigenvalue weighted by Gasteiger charge is 2.44. The third-order valence-corrected chi connectivity index (χ3v) is 4.52. The fourth-order valence-electron chi connectivity index (χ4n) is 3.46. The van der Waals surface area contributed by atoms with E-state index in [4.69, 9.17) is 4.74 Å². The molecule has 1 aromatic rings. The largest absolute Gasteiger partial charge is 0.355 e. The minimum Gasteiger partial charge on any atom is -0.355 e. The Kier molecular flexibility index (Phi) is 3.40. The third kappa shape index (κ3) is 2.56. The Hall–Kier alpha value is -0.860. The summed E-state index contributed by atoms with van der Waals surface area (Å²) in [4.78, 5) is 0. The van der Waals surface area contributed by atoms with Gasteiger partial charge in [-0.1, -0.05) is 57.5 Å². The number of ether oxygens (including phenoxy) is 1. The molecule has 0 aromatic heterocycles. The number of fused-ring (bicyclic) bond motifs is 1. The maximum Gasteiger partial charge on any atom is 0.114 e. The number of hydrogen-bond donors (Lipinski definition) is 1. The van der Waals surface area contributed by atoms with Crippen LogP contribution < -0.4 is 5.32 Å². The molecular weight excluding hydrogens is 234 g/mol. The van der Waals surface area contributed by atoms with Crippen LogP contribution in [0.1, 0.15) is 51.7 Å². The van der Waals surface area contributed by atoms with E-state index < -0.39 is 0 Å². The molecule has 3 rings (SSSR count). The molecule has 1 saturated heterocycles. The predicted molar refractivity (Wildman–Crippen MR) is 77.8 cm³/mol. The van der Waals surface area contributed by atoms with Crippen molar-refractivity contribution in [2.45, 2.75) is 58.4 Å². The Bertz CT molecular complexity index is 423. The third-order valence-electron chi connectivity index (χ3n) is 4.52. The van der Waals surface area contributed by atoms with Gasteiger partial charge in [0.1, 0.15) is 6.23 Å². The first-order valence-corrected chi connectivity index (χ1v) is 7.52.